The number of carbonyl (C=O) groups is 2. The first kappa shape index (κ1) is 37.1. The number of rotatable bonds is 9. The Morgan fingerprint density at radius 2 is 1.60 bits per heavy atom. The fourth-order valence-electron chi connectivity index (χ4n) is 3.71. The molecule has 0 unspecified atom stereocenters. The number of hydrogen-bond donors (Lipinski definition) is 1. The number of ether oxygens (including phenoxy) is 2. The third-order valence-corrected chi connectivity index (χ3v) is 12.6. The van der Waals surface area contributed by atoms with Gasteiger partial charge in [-0.25, -0.2) is 23.4 Å². The number of nitrogens with one attached hydrogen (secondary N) is 1. The summed E-state index contributed by atoms with van der Waals surface area (Å²) in [4.78, 5) is 32.5. The number of alkyl carbamates (subject to hydrolysis) is 1. The van der Waals surface area contributed by atoms with Crippen LogP contribution in [0.2, 0.25) is 18.1 Å². The Morgan fingerprint density at radius 3 is 2.05 bits per heavy atom. The lowest BCUT2D eigenvalue weighted by molar-refractivity contribution is 0.0166. The van der Waals surface area contributed by atoms with Gasteiger partial charge in [-0.1, -0.05) is 48.8 Å². The van der Waals surface area contributed by atoms with Crippen molar-refractivity contribution in [3.05, 3.63) is 45.4 Å². The van der Waals surface area contributed by atoms with E-state index in [1.807, 2.05) is 0 Å². The van der Waals surface area contributed by atoms with Crippen LogP contribution in [0.25, 0.3) is 0 Å². The number of thiazole rings is 1. The molecule has 0 spiro atoms. The molecule has 8 nitrogen and oxygen atoms in total. The number of benzene rings is 1. The quantitative estimate of drug-likeness (QED) is 0.262. The van der Waals surface area contributed by atoms with Crippen LogP contribution in [-0.2, 0) is 19.8 Å². The first-order chi connectivity index (χ1) is 19.3. The Bertz CT molecular complexity index is 1250. The van der Waals surface area contributed by atoms with E-state index in [-0.39, 0.29) is 21.6 Å². The highest BCUT2D eigenvalue weighted by Crippen LogP contribution is 2.42. The summed E-state index contributed by atoms with van der Waals surface area (Å²) < 4.78 is 47.1. The van der Waals surface area contributed by atoms with Gasteiger partial charge < -0.3 is 19.2 Å². The number of halogens is 3. The predicted molar refractivity (Wildman–Crippen MR) is 174 cm³/mol. The van der Waals surface area contributed by atoms with Gasteiger partial charge in [0, 0.05) is 28.5 Å². The van der Waals surface area contributed by atoms with Crippen molar-refractivity contribution in [1.82, 2.24) is 10.3 Å². The fraction of sp³-hybridized carbons (Fsp3) is 0.633. The molecule has 0 aliphatic carbocycles. The van der Waals surface area contributed by atoms with Crippen LogP contribution in [0.5, 0.6) is 0 Å². The molecule has 1 N–H and O–H groups in total. The zero-order valence-electron chi connectivity index (χ0n) is 27.2. The topological polar surface area (TPSA) is 90.0 Å². The maximum Gasteiger partial charge on any atom is 0.416 e. The molecular formula is C30H46BrF2N3O5SSi. The molecule has 2 atom stereocenters. The molecule has 2 rings (SSSR count). The van der Waals surface area contributed by atoms with Gasteiger partial charge in [-0.2, -0.15) is 0 Å². The summed E-state index contributed by atoms with van der Waals surface area (Å²) in [6.07, 6.45) is -0.681. The third-order valence-electron chi connectivity index (χ3n) is 6.73. The maximum absolute atomic E-state index is 14.3. The highest BCUT2D eigenvalue weighted by molar-refractivity contribution is 9.10. The molecule has 0 aliphatic rings. The third kappa shape index (κ3) is 11.1. The fourth-order valence-corrected chi connectivity index (χ4v) is 6.39. The lowest BCUT2D eigenvalue weighted by Crippen LogP contribution is -2.54. The van der Waals surface area contributed by atoms with Crippen molar-refractivity contribution in [2.45, 2.75) is 117 Å². The predicted octanol–water partition coefficient (Wildman–Crippen LogP) is 9.42. The number of anilines is 1. The van der Waals surface area contributed by atoms with Crippen LogP contribution in [0.4, 0.5) is 23.5 Å². The van der Waals surface area contributed by atoms with Gasteiger partial charge >= 0.3 is 12.2 Å². The number of alkyl halides is 2. The smallest absolute Gasteiger partial charge is 0.416 e. The van der Waals surface area contributed by atoms with Crippen LogP contribution < -0.4 is 10.2 Å². The van der Waals surface area contributed by atoms with Crippen LogP contribution in [0, 0.1) is 0 Å². The second kappa shape index (κ2) is 13.5. The first-order valence-electron chi connectivity index (χ1n) is 14.1. The van der Waals surface area contributed by atoms with Gasteiger partial charge in [0.1, 0.15) is 11.2 Å². The summed E-state index contributed by atoms with van der Waals surface area (Å²) in [7, 11) is -2.56. The molecule has 43 heavy (non-hydrogen) atoms. The molecule has 2 amide bonds. The van der Waals surface area contributed by atoms with E-state index in [0.717, 1.165) is 6.92 Å². The van der Waals surface area contributed by atoms with Crippen molar-refractivity contribution >= 4 is 52.9 Å². The summed E-state index contributed by atoms with van der Waals surface area (Å²) in [6, 6.07) is 3.59. The molecule has 0 fully saturated rings. The molecule has 1 heterocycles. The van der Waals surface area contributed by atoms with E-state index in [2.05, 4.69) is 60.1 Å². The Balaban J connectivity index is 2.75. The Kier molecular flexibility index (Phi) is 11.6. The number of aromatic nitrogens is 1. The van der Waals surface area contributed by atoms with Gasteiger partial charge in [0.25, 0.3) is 5.92 Å². The lowest BCUT2D eigenvalue weighted by atomic mass is 9.99. The molecule has 0 radical (unpaired) electrons. The van der Waals surface area contributed by atoms with Crippen molar-refractivity contribution in [2.75, 3.05) is 11.4 Å². The molecule has 0 aliphatic heterocycles. The van der Waals surface area contributed by atoms with Crippen LogP contribution in [0.1, 0.15) is 86.5 Å². The van der Waals surface area contributed by atoms with Gasteiger partial charge in [0.15, 0.2) is 13.4 Å². The minimum atomic E-state index is -3.08. The maximum atomic E-state index is 14.3. The second-order valence-electron chi connectivity index (χ2n) is 14.1. The van der Waals surface area contributed by atoms with Crippen molar-refractivity contribution in [3.8, 4) is 0 Å². The van der Waals surface area contributed by atoms with Gasteiger partial charge in [-0.3, -0.25) is 4.90 Å². The summed E-state index contributed by atoms with van der Waals surface area (Å²) in [5, 5.41) is 4.77. The number of amides is 2. The van der Waals surface area contributed by atoms with E-state index in [1.54, 1.807) is 65.3 Å². The summed E-state index contributed by atoms with van der Waals surface area (Å²) in [6.45, 7) is 21.6. The van der Waals surface area contributed by atoms with Gasteiger partial charge in [-0.15, -0.1) is 11.3 Å². The van der Waals surface area contributed by atoms with E-state index < -0.39 is 49.8 Å². The molecule has 1 aromatic carbocycles. The molecule has 2 aromatic rings. The molecule has 13 heteroatoms. The van der Waals surface area contributed by atoms with Crippen LogP contribution in [0.15, 0.2) is 34.2 Å². The molecule has 242 valence electrons. The molecule has 0 bridgehead atoms. The van der Waals surface area contributed by atoms with E-state index in [0.29, 0.717) is 10.7 Å². The molecule has 0 saturated heterocycles. The van der Waals surface area contributed by atoms with E-state index in [1.165, 1.54) is 22.3 Å². The Labute approximate surface area is 268 Å². The summed E-state index contributed by atoms with van der Waals surface area (Å²) in [5.74, 6) is -3.08. The van der Waals surface area contributed by atoms with E-state index in [4.69, 9.17) is 13.9 Å². The number of hydrogen-bond acceptors (Lipinski definition) is 7. The molecule has 0 saturated carbocycles. The van der Waals surface area contributed by atoms with Crippen LogP contribution in [-0.4, -0.2) is 49.3 Å². The lowest BCUT2D eigenvalue weighted by Gasteiger charge is -2.42. The van der Waals surface area contributed by atoms with Gasteiger partial charge in [-0.05, 0) is 71.3 Å². The highest BCUT2D eigenvalue weighted by Gasteiger charge is 2.43. The molecule has 1 aromatic heterocycles. The largest absolute Gasteiger partial charge is 0.444 e. The SMILES string of the molecule is CC(C)(C)OC(=O)N[C@H](CN(C(=O)OC(C)(C)C)c1nccs1)[C@@H](O[Si](C)(C)C(C)(C)C)c1ccc(C(C)(F)F)c(Br)c1. The monoisotopic (exact) mass is 705 g/mol. The van der Waals surface area contributed by atoms with Crippen molar-refractivity contribution < 1.29 is 32.3 Å². The van der Waals surface area contributed by atoms with Crippen molar-refractivity contribution in [3.63, 3.8) is 0 Å². The van der Waals surface area contributed by atoms with Gasteiger partial charge in [0.2, 0.25) is 0 Å². The average molecular weight is 707 g/mol. The number of carbonyl (C=O) groups excluding carboxylic acids is 2. The normalized spacial score (nSPS) is 14.6. The summed E-state index contributed by atoms with van der Waals surface area (Å²) in [5.41, 5.74) is -1.25. The van der Waals surface area contributed by atoms with Crippen LogP contribution in [0.3, 0.4) is 0 Å². The van der Waals surface area contributed by atoms with E-state index >= 15 is 0 Å². The second-order valence-corrected chi connectivity index (χ2v) is 20.6. The molecular weight excluding hydrogens is 660 g/mol. The minimum absolute atomic E-state index is 0.107. The van der Waals surface area contributed by atoms with Gasteiger partial charge in [0.05, 0.1) is 18.7 Å². The average Bonchev–Trinajstić information content (AvgIpc) is 3.30. The zero-order chi connectivity index (χ0) is 33.2. The zero-order valence-corrected chi connectivity index (χ0v) is 30.6. The van der Waals surface area contributed by atoms with Crippen molar-refractivity contribution in [2.24, 2.45) is 0 Å². The first-order valence-corrected chi connectivity index (χ1v) is 18.6. The van der Waals surface area contributed by atoms with Crippen molar-refractivity contribution in [1.29, 1.82) is 0 Å². The highest BCUT2D eigenvalue weighted by atomic mass is 79.9. The Hall–Kier alpha value is -2.09. The standard InChI is InChI=1S/C30H46BrF2N3O5SSi/c1-27(2,3)39-25(37)35-22(18-36(24-34-15-16-42-24)26(38)40-28(4,5)6)23(41-43(11,12)29(7,8)9)19-13-14-20(21(31)17-19)30(10,32)33/h13-17,22-23H,18H2,1-12H3,(H,35,37)/t22-,23+/m1/s1. The summed E-state index contributed by atoms with van der Waals surface area (Å²) >= 11 is 4.55. The van der Waals surface area contributed by atoms with E-state index in [9.17, 15) is 18.4 Å². The van der Waals surface area contributed by atoms with Crippen LogP contribution >= 0.6 is 27.3 Å². The Morgan fingerprint density at radius 1 is 1.02 bits per heavy atom. The number of nitrogens with zero attached hydrogens (tertiary/aromatic N) is 2. The minimum Gasteiger partial charge on any atom is -0.444 e.